The second-order valence-corrected chi connectivity index (χ2v) is 5.43. The fourth-order valence-corrected chi connectivity index (χ4v) is 1.65. The minimum atomic E-state index is -0.363. The number of amides is 1. The van der Waals surface area contributed by atoms with E-state index in [4.69, 9.17) is 9.47 Å². The summed E-state index contributed by atoms with van der Waals surface area (Å²) in [6.07, 6.45) is 0.711. The van der Waals surface area contributed by atoms with Gasteiger partial charge in [-0.15, -0.1) is 0 Å². The zero-order chi connectivity index (χ0) is 14.5. The van der Waals surface area contributed by atoms with Crippen LogP contribution in [-0.4, -0.2) is 26.7 Å². The van der Waals surface area contributed by atoms with E-state index in [0.717, 1.165) is 17.1 Å². The van der Waals surface area contributed by atoms with Crippen LogP contribution in [0.3, 0.4) is 0 Å². The van der Waals surface area contributed by atoms with Crippen molar-refractivity contribution in [2.45, 2.75) is 27.2 Å². The van der Waals surface area contributed by atoms with Crippen molar-refractivity contribution in [1.29, 1.82) is 0 Å². The molecule has 4 nitrogen and oxygen atoms in total. The fraction of sp³-hybridized carbons (Fsp3) is 0.533. The molecule has 0 unspecified atom stereocenters. The summed E-state index contributed by atoms with van der Waals surface area (Å²) in [5.41, 5.74) is 0.661. The number of ether oxygens (including phenoxy) is 2. The summed E-state index contributed by atoms with van der Waals surface area (Å²) in [7, 11) is 3.27. The van der Waals surface area contributed by atoms with Crippen LogP contribution in [-0.2, 0) is 11.2 Å². The van der Waals surface area contributed by atoms with E-state index in [9.17, 15) is 4.79 Å². The van der Waals surface area contributed by atoms with Gasteiger partial charge in [0.15, 0.2) is 0 Å². The monoisotopic (exact) mass is 265 g/mol. The lowest BCUT2D eigenvalue weighted by Gasteiger charge is -2.18. The van der Waals surface area contributed by atoms with Crippen molar-refractivity contribution in [1.82, 2.24) is 5.32 Å². The topological polar surface area (TPSA) is 47.6 Å². The number of nitrogens with one attached hydrogen (secondary N) is 1. The third kappa shape index (κ3) is 4.47. The summed E-state index contributed by atoms with van der Waals surface area (Å²) in [4.78, 5) is 11.8. The normalized spacial score (nSPS) is 11.0. The van der Waals surface area contributed by atoms with Crippen molar-refractivity contribution >= 4 is 5.91 Å². The van der Waals surface area contributed by atoms with Gasteiger partial charge in [-0.2, -0.15) is 0 Å². The molecule has 0 radical (unpaired) electrons. The first kappa shape index (κ1) is 15.3. The van der Waals surface area contributed by atoms with Gasteiger partial charge >= 0.3 is 0 Å². The first-order chi connectivity index (χ1) is 8.88. The lowest BCUT2D eigenvalue weighted by Crippen LogP contribution is -2.35. The number of carbonyl (C=O) groups excluding carboxylic acids is 1. The molecule has 19 heavy (non-hydrogen) atoms. The van der Waals surface area contributed by atoms with E-state index in [1.54, 1.807) is 14.2 Å². The predicted octanol–water partition coefficient (Wildman–Crippen LogP) is 2.41. The average molecular weight is 265 g/mol. The molecule has 1 rings (SSSR count). The van der Waals surface area contributed by atoms with Gasteiger partial charge in [0.25, 0.3) is 0 Å². The summed E-state index contributed by atoms with van der Waals surface area (Å²) in [5, 5.41) is 2.92. The van der Waals surface area contributed by atoms with Gasteiger partial charge in [-0.05, 0) is 30.2 Å². The number of methoxy groups -OCH3 is 2. The van der Waals surface area contributed by atoms with Crippen molar-refractivity contribution in [3.05, 3.63) is 23.8 Å². The first-order valence-corrected chi connectivity index (χ1v) is 6.37. The maximum absolute atomic E-state index is 11.8. The van der Waals surface area contributed by atoms with Crippen molar-refractivity contribution < 1.29 is 14.3 Å². The van der Waals surface area contributed by atoms with Gasteiger partial charge in [-0.25, -0.2) is 0 Å². The molecule has 0 saturated heterocycles. The SMILES string of the molecule is COc1ccc(OC)c(CCNC(=O)C(C)(C)C)c1. The molecule has 4 heteroatoms. The molecule has 106 valence electrons. The molecule has 0 aliphatic carbocycles. The Balaban J connectivity index is 2.64. The Bertz CT molecular complexity index is 436. The highest BCUT2D eigenvalue weighted by molar-refractivity contribution is 5.81. The van der Waals surface area contributed by atoms with Crippen LogP contribution in [0.1, 0.15) is 26.3 Å². The highest BCUT2D eigenvalue weighted by Gasteiger charge is 2.20. The average Bonchev–Trinajstić information content (AvgIpc) is 2.37. The van der Waals surface area contributed by atoms with Gasteiger partial charge in [0.05, 0.1) is 14.2 Å². The Morgan fingerprint density at radius 3 is 2.42 bits per heavy atom. The van der Waals surface area contributed by atoms with Gasteiger partial charge in [0, 0.05) is 12.0 Å². The maximum Gasteiger partial charge on any atom is 0.225 e. The summed E-state index contributed by atoms with van der Waals surface area (Å²) in [5.74, 6) is 1.65. The van der Waals surface area contributed by atoms with Gasteiger partial charge in [0.2, 0.25) is 5.91 Å². The summed E-state index contributed by atoms with van der Waals surface area (Å²) >= 11 is 0. The molecule has 0 fully saturated rings. The number of benzene rings is 1. The molecule has 0 aliphatic heterocycles. The lowest BCUT2D eigenvalue weighted by atomic mass is 9.95. The number of hydrogen-bond acceptors (Lipinski definition) is 3. The molecule has 0 heterocycles. The minimum Gasteiger partial charge on any atom is -0.497 e. The van der Waals surface area contributed by atoms with Crippen LogP contribution in [0.5, 0.6) is 11.5 Å². The Hall–Kier alpha value is -1.71. The maximum atomic E-state index is 11.8. The van der Waals surface area contributed by atoms with Crippen LogP contribution >= 0.6 is 0 Å². The van der Waals surface area contributed by atoms with Crippen LogP contribution in [0.25, 0.3) is 0 Å². The molecule has 0 aliphatic rings. The Morgan fingerprint density at radius 2 is 1.89 bits per heavy atom. The van der Waals surface area contributed by atoms with E-state index in [2.05, 4.69) is 5.32 Å². The molecule has 0 saturated carbocycles. The van der Waals surface area contributed by atoms with Crippen LogP contribution in [0.4, 0.5) is 0 Å². The zero-order valence-corrected chi connectivity index (χ0v) is 12.4. The molecule has 0 aromatic heterocycles. The first-order valence-electron chi connectivity index (χ1n) is 6.37. The Morgan fingerprint density at radius 1 is 1.21 bits per heavy atom. The van der Waals surface area contributed by atoms with Gasteiger partial charge in [0.1, 0.15) is 11.5 Å². The van der Waals surface area contributed by atoms with Crippen LogP contribution in [0.15, 0.2) is 18.2 Å². The molecule has 0 bridgehead atoms. The third-order valence-electron chi connectivity index (χ3n) is 2.85. The lowest BCUT2D eigenvalue weighted by molar-refractivity contribution is -0.128. The van der Waals surface area contributed by atoms with Crippen LogP contribution in [0, 0.1) is 5.41 Å². The van der Waals surface area contributed by atoms with Crippen molar-refractivity contribution in [2.75, 3.05) is 20.8 Å². The molecular weight excluding hydrogens is 242 g/mol. The molecule has 1 amide bonds. The Kier molecular flexibility index (Phi) is 5.21. The molecule has 1 aromatic carbocycles. The highest BCUT2D eigenvalue weighted by atomic mass is 16.5. The summed E-state index contributed by atoms with van der Waals surface area (Å²) in [6, 6.07) is 5.66. The standard InChI is InChI=1S/C15H23NO3/c1-15(2,3)14(17)16-9-8-11-10-12(18-4)6-7-13(11)19-5/h6-7,10H,8-9H2,1-5H3,(H,16,17). The van der Waals surface area contributed by atoms with E-state index in [1.165, 1.54) is 0 Å². The van der Waals surface area contributed by atoms with E-state index in [1.807, 2.05) is 39.0 Å². The zero-order valence-electron chi connectivity index (χ0n) is 12.4. The van der Waals surface area contributed by atoms with E-state index >= 15 is 0 Å². The minimum absolute atomic E-state index is 0.0503. The second-order valence-electron chi connectivity index (χ2n) is 5.43. The molecule has 0 spiro atoms. The summed E-state index contributed by atoms with van der Waals surface area (Å²) in [6.45, 7) is 6.27. The Labute approximate surface area is 115 Å². The van der Waals surface area contributed by atoms with E-state index in [-0.39, 0.29) is 11.3 Å². The number of carbonyl (C=O) groups is 1. The van der Waals surface area contributed by atoms with Crippen molar-refractivity contribution in [2.24, 2.45) is 5.41 Å². The summed E-state index contributed by atoms with van der Waals surface area (Å²) < 4.78 is 10.5. The smallest absolute Gasteiger partial charge is 0.225 e. The largest absolute Gasteiger partial charge is 0.497 e. The van der Waals surface area contributed by atoms with Crippen LogP contribution < -0.4 is 14.8 Å². The van der Waals surface area contributed by atoms with Gasteiger partial charge in [-0.1, -0.05) is 20.8 Å². The van der Waals surface area contributed by atoms with Crippen molar-refractivity contribution in [3.63, 3.8) is 0 Å². The van der Waals surface area contributed by atoms with E-state index < -0.39 is 0 Å². The third-order valence-corrected chi connectivity index (χ3v) is 2.85. The van der Waals surface area contributed by atoms with Crippen molar-refractivity contribution in [3.8, 4) is 11.5 Å². The van der Waals surface area contributed by atoms with E-state index in [0.29, 0.717) is 13.0 Å². The molecular formula is C15H23NO3. The fourth-order valence-electron chi connectivity index (χ4n) is 1.65. The number of rotatable bonds is 5. The molecule has 0 atom stereocenters. The quantitative estimate of drug-likeness (QED) is 0.889. The van der Waals surface area contributed by atoms with Gasteiger partial charge < -0.3 is 14.8 Å². The second kappa shape index (κ2) is 6.45. The molecule has 1 aromatic rings. The predicted molar refractivity (Wildman–Crippen MR) is 75.7 cm³/mol. The molecule has 1 N–H and O–H groups in total. The highest BCUT2D eigenvalue weighted by Crippen LogP contribution is 2.24. The van der Waals surface area contributed by atoms with Gasteiger partial charge in [-0.3, -0.25) is 4.79 Å². The number of hydrogen-bond donors (Lipinski definition) is 1. The van der Waals surface area contributed by atoms with Crippen LogP contribution in [0.2, 0.25) is 0 Å².